The smallest absolute Gasteiger partial charge is 0.323 e. The second-order valence-corrected chi connectivity index (χ2v) is 6.23. The van der Waals surface area contributed by atoms with Gasteiger partial charge in [0.15, 0.2) is 0 Å². The van der Waals surface area contributed by atoms with Crippen LogP contribution < -0.4 is 4.90 Å². The third-order valence-electron chi connectivity index (χ3n) is 2.51. The Kier molecular flexibility index (Phi) is 4.41. The van der Waals surface area contributed by atoms with Crippen LogP contribution in [0.15, 0.2) is 39.5 Å². The number of hydrogen-bond acceptors (Lipinski definition) is 4. The van der Waals surface area contributed by atoms with Crippen LogP contribution in [-0.4, -0.2) is 28.6 Å². The summed E-state index contributed by atoms with van der Waals surface area (Å²) >= 11 is 4.61. The van der Waals surface area contributed by atoms with Crippen LogP contribution in [0.3, 0.4) is 0 Å². The molecule has 0 radical (unpaired) electrons. The second-order valence-electron chi connectivity index (χ2n) is 3.94. The number of halogens is 1. The fourth-order valence-electron chi connectivity index (χ4n) is 1.63. The third-order valence-corrected chi connectivity index (χ3v) is 4.02. The average molecular weight is 356 g/mol. The van der Waals surface area contributed by atoms with E-state index in [1.165, 1.54) is 35.6 Å². The zero-order valence-electron chi connectivity index (χ0n) is 10.1. The number of carbonyl (C=O) groups excluding carboxylic acids is 1. The standard InChI is InChI=1S/C13H10BrNO4S/c14-11-5-8(7-20-11)13(19)15(6-12(17)18)9-1-3-10(16)4-2-9/h1-5,7,16H,6H2,(H,17,18). The van der Waals surface area contributed by atoms with Gasteiger partial charge in [-0.2, -0.15) is 0 Å². The maximum absolute atomic E-state index is 12.4. The minimum atomic E-state index is -1.11. The van der Waals surface area contributed by atoms with Crippen molar-refractivity contribution in [1.29, 1.82) is 0 Å². The molecule has 0 bridgehead atoms. The molecule has 1 heterocycles. The monoisotopic (exact) mass is 355 g/mol. The molecule has 0 atom stereocenters. The number of rotatable bonds is 4. The van der Waals surface area contributed by atoms with Crippen molar-refractivity contribution in [2.75, 3.05) is 11.4 Å². The number of anilines is 1. The number of benzene rings is 1. The lowest BCUT2D eigenvalue weighted by Gasteiger charge is -2.20. The molecule has 0 aliphatic carbocycles. The highest BCUT2D eigenvalue weighted by Gasteiger charge is 2.21. The van der Waals surface area contributed by atoms with Crippen LogP contribution in [0, 0.1) is 0 Å². The van der Waals surface area contributed by atoms with Crippen molar-refractivity contribution in [1.82, 2.24) is 0 Å². The minimum Gasteiger partial charge on any atom is -0.508 e. The highest BCUT2D eigenvalue weighted by molar-refractivity contribution is 9.11. The molecule has 104 valence electrons. The van der Waals surface area contributed by atoms with Gasteiger partial charge in [0, 0.05) is 11.1 Å². The Morgan fingerprint density at radius 1 is 1.25 bits per heavy atom. The van der Waals surface area contributed by atoms with Gasteiger partial charge in [0.25, 0.3) is 5.91 Å². The van der Waals surface area contributed by atoms with E-state index in [1.54, 1.807) is 11.4 Å². The Bertz CT molecular complexity index is 638. The Labute approximate surface area is 127 Å². The van der Waals surface area contributed by atoms with Crippen LogP contribution in [0.5, 0.6) is 5.75 Å². The number of hydrogen-bond donors (Lipinski definition) is 2. The number of aromatic hydroxyl groups is 1. The Balaban J connectivity index is 2.34. The highest BCUT2D eigenvalue weighted by Crippen LogP contribution is 2.25. The Morgan fingerprint density at radius 3 is 2.40 bits per heavy atom. The van der Waals surface area contributed by atoms with Gasteiger partial charge in [-0.1, -0.05) is 0 Å². The molecule has 0 saturated heterocycles. The number of phenolic OH excluding ortho intramolecular Hbond substituents is 1. The molecule has 1 aromatic carbocycles. The first kappa shape index (κ1) is 14.5. The summed E-state index contributed by atoms with van der Waals surface area (Å²) in [4.78, 5) is 24.5. The van der Waals surface area contributed by atoms with Crippen molar-refractivity contribution >= 4 is 44.8 Å². The number of nitrogens with zero attached hydrogens (tertiary/aromatic N) is 1. The maximum atomic E-state index is 12.4. The van der Waals surface area contributed by atoms with Gasteiger partial charge in [0.2, 0.25) is 0 Å². The van der Waals surface area contributed by atoms with Gasteiger partial charge >= 0.3 is 5.97 Å². The molecule has 1 amide bonds. The largest absolute Gasteiger partial charge is 0.508 e. The van der Waals surface area contributed by atoms with Crippen LogP contribution in [0.1, 0.15) is 10.4 Å². The molecule has 0 aliphatic rings. The summed E-state index contributed by atoms with van der Waals surface area (Å²) in [6.45, 7) is -0.447. The van der Waals surface area contributed by atoms with Crippen LogP contribution in [0.4, 0.5) is 5.69 Å². The molecule has 2 rings (SSSR count). The van der Waals surface area contributed by atoms with E-state index < -0.39 is 18.4 Å². The second kappa shape index (κ2) is 6.06. The van der Waals surface area contributed by atoms with Gasteiger partial charge in [-0.15, -0.1) is 11.3 Å². The van der Waals surface area contributed by atoms with E-state index in [-0.39, 0.29) is 5.75 Å². The first-order valence-electron chi connectivity index (χ1n) is 5.54. The van der Waals surface area contributed by atoms with Crippen LogP contribution in [0.25, 0.3) is 0 Å². The molecule has 20 heavy (non-hydrogen) atoms. The van der Waals surface area contributed by atoms with Crippen molar-refractivity contribution < 1.29 is 19.8 Å². The molecule has 2 N–H and O–H groups in total. The van der Waals surface area contributed by atoms with Gasteiger partial charge in [-0.05, 0) is 46.3 Å². The minimum absolute atomic E-state index is 0.0507. The lowest BCUT2D eigenvalue weighted by molar-refractivity contribution is -0.135. The number of aliphatic carboxylic acids is 1. The first-order chi connectivity index (χ1) is 9.47. The Morgan fingerprint density at radius 2 is 1.90 bits per heavy atom. The molecule has 0 fully saturated rings. The first-order valence-corrected chi connectivity index (χ1v) is 7.21. The number of phenols is 1. The summed E-state index contributed by atoms with van der Waals surface area (Å²) in [5, 5.41) is 19.9. The molecule has 0 unspecified atom stereocenters. The van der Waals surface area contributed by atoms with Gasteiger partial charge in [-0.25, -0.2) is 0 Å². The van der Waals surface area contributed by atoms with Crippen LogP contribution >= 0.6 is 27.3 Å². The van der Waals surface area contributed by atoms with E-state index in [0.717, 1.165) is 8.69 Å². The summed E-state index contributed by atoms with van der Waals surface area (Å²) in [6.07, 6.45) is 0. The average Bonchev–Trinajstić information content (AvgIpc) is 2.83. The van der Waals surface area contributed by atoms with E-state index >= 15 is 0 Å². The van der Waals surface area contributed by atoms with Crippen molar-refractivity contribution in [2.24, 2.45) is 0 Å². The van der Waals surface area contributed by atoms with Crippen molar-refractivity contribution in [2.45, 2.75) is 0 Å². The lowest BCUT2D eigenvalue weighted by atomic mass is 10.2. The normalized spacial score (nSPS) is 10.2. The van der Waals surface area contributed by atoms with Crippen molar-refractivity contribution in [3.63, 3.8) is 0 Å². The van der Waals surface area contributed by atoms with Crippen molar-refractivity contribution in [3.05, 3.63) is 45.1 Å². The molecule has 1 aromatic heterocycles. The van der Waals surface area contributed by atoms with E-state index in [1.807, 2.05) is 0 Å². The number of carboxylic acid groups (broad SMARTS) is 1. The predicted octanol–water partition coefficient (Wildman–Crippen LogP) is 2.95. The van der Waals surface area contributed by atoms with Crippen LogP contribution in [-0.2, 0) is 4.79 Å². The Hall–Kier alpha value is -1.86. The summed E-state index contributed by atoms with van der Waals surface area (Å²) in [7, 11) is 0. The molecule has 5 nitrogen and oxygen atoms in total. The number of amides is 1. The SMILES string of the molecule is O=C(O)CN(C(=O)c1csc(Br)c1)c1ccc(O)cc1. The van der Waals surface area contributed by atoms with E-state index in [4.69, 9.17) is 5.11 Å². The number of thiophene rings is 1. The molecular weight excluding hydrogens is 346 g/mol. The highest BCUT2D eigenvalue weighted by atomic mass is 79.9. The predicted molar refractivity (Wildman–Crippen MR) is 79.4 cm³/mol. The fourth-order valence-corrected chi connectivity index (χ4v) is 2.76. The summed E-state index contributed by atoms with van der Waals surface area (Å²) in [6, 6.07) is 7.44. The lowest BCUT2D eigenvalue weighted by Crippen LogP contribution is -2.35. The third kappa shape index (κ3) is 3.37. The zero-order valence-corrected chi connectivity index (χ0v) is 12.5. The van der Waals surface area contributed by atoms with Gasteiger partial charge in [0.1, 0.15) is 12.3 Å². The molecule has 0 saturated carbocycles. The van der Waals surface area contributed by atoms with E-state index in [0.29, 0.717) is 11.3 Å². The van der Waals surface area contributed by atoms with Crippen LogP contribution in [0.2, 0.25) is 0 Å². The quantitative estimate of drug-likeness (QED) is 0.883. The van der Waals surface area contributed by atoms with E-state index in [9.17, 15) is 14.7 Å². The van der Waals surface area contributed by atoms with Gasteiger partial charge in [-0.3, -0.25) is 14.5 Å². The number of carboxylic acids is 1. The number of carbonyl (C=O) groups is 2. The van der Waals surface area contributed by atoms with Crippen molar-refractivity contribution in [3.8, 4) is 5.75 Å². The van der Waals surface area contributed by atoms with Gasteiger partial charge < -0.3 is 10.2 Å². The van der Waals surface area contributed by atoms with Gasteiger partial charge in [0.05, 0.1) is 9.35 Å². The molecule has 0 spiro atoms. The maximum Gasteiger partial charge on any atom is 0.323 e. The topological polar surface area (TPSA) is 77.8 Å². The molecule has 7 heteroatoms. The summed E-state index contributed by atoms with van der Waals surface area (Å²) < 4.78 is 0.793. The molecular formula is C13H10BrNO4S. The van der Waals surface area contributed by atoms with E-state index in [2.05, 4.69) is 15.9 Å². The fraction of sp³-hybridized carbons (Fsp3) is 0.0769. The summed E-state index contributed by atoms with van der Waals surface area (Å²) in [5.74, 6) is -1.46. The zero-order chi connectivity index (χ0) is 14.7. The summed E-state index contributed by atoms with van der Waals surface area (Å²) in [5.41, 5.74) is 0.828. The molecule has 0 aliphatic heterocycles. The molecule has 2 aromatic rings.